The second kappa shape index (κ2) is 8.01. The highest BCUT2D eigenvalue weighted by Gasteiger charge is 2.13. The molecule has 7 heteroatoms. The zero-order chi connectivity index (χ0) is 18.5. The molecule has 0 fully saturated rings. The van der Waals surface area contributed by atoms with E-state index in [1.54, 1.807) is 24.3 Å². The van der Waals surface area contributed by atoms with E-state index in [2.05, 4.69) is 15.5 Å². The van der Waals surface area contributed by atoms with Gasteiger partial charge in [-0.15, -0.1) is 0 Å². The fourth-order valence-corrected chi connectivity index (χ4v) is 2.51. The minimum absolute atomic E-state index is 0.0219. The topological polar surface area (TPSA) is 77.2 Å². The van der Waals surface area contributed by atoms with Crippen LogP contribution < -0.4 is 10.1 Å². The molecule has 6 nitrogen and oxygen atoms in total. The highest BCUT2D eigenvalue weighted by molar-refractivity contribution is 6.30. The van der Waals surface area contributed by atoms with Crippen LogP contribution in [0.25, 0.3) is 0 Å². The molecule has 0 unspecified atom stereocenters. The van der Waals surface area contributed by atoms with Gasteiger partial charge >= 0.3 is 0 Å². The monoisotopic (exact) mass is 371 g/mol. The van der Waals surface area contributed by atoms with Crippen molar-refractivity contribution in [2.75, 3.05) is 5.32 Å². The van der Waals surface area contributed by atoms with Crippen molar-refractivity contribution in [1.29, 1.82) is 0 Å². The minimum atomic E-state index is -0.207. The van der Waals surface area contributed by atoms with Crippen molar-refractivity contribution in [2.24, 2.45) is 0 Å². The Kier molecular flexibility index (Phi) is 5.53. The molecule has 0 radical (unpaired) electrons. The van der Waals surface area contributed by atoms with Gasteiger partial charge in [0.25, 0.3) is 5.89 Å². The van der Waals surface area contributed by atoms with Gasteiger partial charge in [0.15, 0.2) is 12.4 Å². The van der Waals surface area contributed by atoms with Gasteiger partial charge in [0.1, 0.15) is 5.75 Å². The fourth-order valence-electron chi connectivity index (χ4n) is 2.33. The predicted molar refractivity (Wildman–Crippen MR) is 98.3 cm³/mol. The molecule has 1 heterocycles. The number of hydrogen-bond donors (Lipinski definition) is 1. The normalized spacial score (nSPS) is 10.6. The average Bonchev–Trinajstić information content (AvgIpc) is 3.04. The van der Waals surface area contributed by atoms with E-state index in [1.165, 1.54) is 0 Å². The quantitative estimate of drug-likeness (QED) is 0.705. The van der Waals surface area contributed by atoms with Crippen molar-refractivity contribution in [3.63, 3.8) is 0 Å². The molecule has 1 amide bonds. The van der Waals surface area contributed by atoms with E-state index < -0.39 is 0 Å². The highest BCUT2D eigenvalue weighted by Crippen LogP contribution is 2.18. The number of aryl methyl sites for hydroxylation is 2. The van der Waals surface area contributed by atoms with Gasteiger partial charge in [-0.3, -0.25) is 4.79 Å². The van der Waals surface area contributed by atoms with Crippen LogP contribution in [0.3, 0.4) is 0 Å². The summed E-state index contributed by atoms with van der Waals surface area (Å²) in [5.74, 6) is 0.990. The molecule has 3 aromatic rings. The molecular formula is C19H18ClN3O3. The van der Waals surface area contributed by atoms with Crippen LogP contribution in [0.15, 0.2) is 47.0 Å². The molecule has 26 heavy (non-hydrogen) atoms. The summed E-state index contributed by atoms with van der Waals surface area (Å²) < 4.78 is 10.6. The summed E-state index contributed by atoms with van der Waals surface area (Å²) in [6, 6.07) is 12.9. The van der Waals surface area contributed by atoms with Crippen molar-refractivity contribution in [3.05, 3.63) is 70.3 Å². The number of nitrogens with one attached hydrogen (secondary N) is 1. The number of hydrogen-bond acceptors (Lipinski definition) is 5. The van der Waals surface area contributed by atoms with Gasteiger partial charge < -0.3 is 14.6 Å². The summed E-state index contributed by atoms with van der Waals surface area (Å²) in [5.41, 5.74) is 2.85. The van der Waals surface area contributed by atoms with Gasteiger partial charge in [0.05, 0.1) is 6.42 Å². The third kappa shape index (κ3) is 4.83. The number of ether oxygens (including phenoxy) is 1. The average molecular weight is 372 g/mol. The van der Waals surface area contributed by atoms with Crippen molar-refractivity contribution in [3.8, 4) is 5.75 Å². The first-order valence-corrected chi connectivity index (χ1v) is 8.44. The molecule has 0 saturated heterocycles. The summed E-state index contributed by atoms with van der Waals surface area (Å²) >= 11 is 5.90. The van der Waals surface area contributed by atoms with E-state index >= 15 is 0 Å². The maximum atomic E-state index is 12.2. The van der Waals surface area contributed by atoms with Gasteiger partial charge in [-0.25, -0.2) is 0 Å². The predicted octanol–water partition coefficient (Wildman–Crippen LogP) is 4.10. The van der Waals surface area contributed by atoms with E-state index in [9.17, 15) is 4.79 Å². The molecule has 2 aromatic carbocycles. The van der Waals surface area contributed by atoms with Crippen molar-refractivity contribution in [1.82, 2.24) is 10.1 Å². The van der Waals surface area contributed by atoms with Crippen LogP contribution in [0.1, 0.15) is 22.8 Å². The lowest BCUT2D eigenvalue weighted by Crippen LogP contribution is -2.16. The van der Waals surface area contributed by atoms with E-state index in [0.29, 0.717) is 22.5 Å². The standard InChI is InChI=1S/C19H18ClN3O3/c1-12-6-7-13(2)16(8-12)21-18(24)10-17-22-19(26-23-17)11-25-15-5-3-4-14(20)9-15/h3-9H,10-11H2,1-2H3,(H,21,24). The number of anilines is 1. The van der Waals surface area contributed by atoms with Crippen LogP contribution in [0.2, 0.25) is 5.02 Å². The molecule has 134 valence electrons. The molecule has 0 saturated carbocycles. The van der Waals surface area contributed by atoms with Gasteiger partial charge in [0, 0.05) is 10.7 Å². The van der Waals surface area contributed by atoms with Crippen LogP contribution >= 0.6 is 11.6 Å². The van der Waals surface area contributed by atoms with E-state index in [0.717, 1.165) is 16.8 Å². The molecule has 0 aliphatic carbocycles. The number of halogens is 1. The lowest BCUT2D eigenvalue weighted by Gasteiger charge is -2.08. The van der Waals surface area contributed by atoms with Crippen LogP contribution in [-0.4, -0.2) is 16.0 Å². The second-order valence-electron chi connectivity index (χ2n) is 5.89. The van der Waals surface area contributed by atoms with Crippen molar-refractivity contribution in [2.45, 2.75) is 26.9 Å². The van der Waals surface area contributed by atoms with Gasteiger partial charge in [-0.2, -0.15) is 4.98 Å². The summed E-state index contributed by atoms with van der Waals surface area (Å²) in [4.78, 5) is 16.4. The highest BCUT2D eigenvalue weighted by atomic mass is 35.5. The molecular weight excluding hydrogens is 354 g/mol. The number of carbonyl (C=O) groups excluding carboxylic acids is 1. The molecule has 3 rings (SSSR count). The smallest absolute Gasteiger partial charge is 0.264 e. The van der Waals surface area contributed by atoms with Crippen molar-refractivity contribution >= 4 is 23.2 Å². The molecule has 1 N–H and O–H groups in total. The van der Waals surface area contributed by atoms with Crippen LogP contribution in [0.5, 0.6) is 5.75 Å². The number of aromatic nitrogens is 2. The lowest BCUT2D eigenvalue weighted by molar-refractivity contribution is -0.115. The van der Waals surface area contributed by atoms with Crippen LogP contribution in [0.4, 0.5) is 5.69 Å². The third-order valence-electron chi connectivity index (χ3n) is 3.65. The Hall–Kier alpha value is -2.86. The second-order valence-corrected chi connectivity index (χ2v) is 6.33. The van der Waals surface area contributed by atoms with Crippen LogP contribution in [-0.2, 0) is 17.8 Å². The Bertz CT molecular complexity index is 924. The number of benzene rings is 2. The van der Waals surface area contributed by atoms with Gasteiger partial charge in [-0.05, 0) is 49.2 Å². The third-order valence-corrected chi connectivity index (χ3v) is 3.89. The SMILES string of the molecule is Cc1ccc(C)c(NC(=O)Cc2noc(COc3cccc(Cl)c3)n2)c1. The van der Waals surface area contributed by atoms with E-state index in [1.807, 2.05) is 32.0 Å². The number of carbonyl (C=O) groups is 1. The Balaban J connectivity index is 1.56. The maximum absolute atomic E-state index is 12.2. The molecule has 0 aliphatic rings. The zero-order valence-corrected chi connectivity index (χ0v) is 15.2. The number of amides is 1. The summed E-state index contributed by atoms with van der Waals surface area (Å²) in [5, 5.41) is 7.26. The van der Waals surface area contributed by atoms with Crippen LogP contribution in [0, 0.1) is 13.8 Å². The Morgan fingerprint density at radius 2 is 2.08 bits per heavy atom. The first-order chi connectivity index (χ1) is 12.5. The Morgan fingerprint density at radius 3 is 2.88 bits per heavy atom. The molecule has 0 bridgehead atoms. The molecule has 1 aromatic heterocycles. The Morgan fingerprint density at radius 1 is 1.23 bits per heavy atom. The van der Waals surface area contributed by atoms with Gasteiger partial charge in [0.2, 0.25) is 5.91 Å². The van der Waals surface area contributed by atoms with E-state index in [-0.39, 0.29) is 18.9 Å². The molecule has 0 aliphatic heterocycles. The zero-order valence-electron chi connectivity index (χ0n) is 14.5. The largest absolute Gasteiger partial charge is 0.484 e. The lowest BCUT2D eigenvalue weighted by atomic mass is 10.1. The number of nitrogens with zero attached hydrogens (tertiary/aromatic N) is 2. The maximum Gasteiger partial charge on any atom is 0.264 e. The first kappa shape index (κ1) is 17.9. The summed E-state index contributed by atoms with van der Waals surface area (Å²) in [6.45, 7) is 4.01. The number of rotatable bonds is 6. The Labute approximate surface area is 156 Å². The minimum Gasteiger partial charge on any atom is -0.484 e. The summed E-state index contributed by atoms with van der Waals surface area (Å²) in [6.07, 6.45) is 0.0219. The fraction of sp³-hybridized carbons (Fsp3) is 0.211. The van der Waals surface area contributed by atoms with E-state index in [4.69, 9.17) is 20.9 Å². The van der Waals surface area contributed by atoms with Crippen molar-refractivity contribution < 1.29 is 14.1 Å². The molecule has 0 atom stereocenters. The van der Waals surface area contributed by atoms with Gasteiger partial charge in [-0.1, -0.05) is 35.0 Å². The molecule has 0 spiro atoms. The first-order valence-electron chi connectivity index (χ1n) is 8.06. The summed E-state index contributed by atoms with van der Waals surface area (Å²) in [7, 11) is 0.